The highest BCUT2D eigenvalue weighted by Crippen LogP contribution is 2.35. The molecule has 21 heavy (non-hydrogen) atoms. The van der Waals surface area contributed by atoms with Crippen molar-refractivity contribution in [1.29, 1.82) is 0 Å². The Morgan fingerprint density at radius 1 is 1.33 bits per heavy atom. The minimum atomic E-state index is 0.156. The van der Waals surface area contributed by atoms with Gasteiger partial charge in [0.1, 0.15) is 12.1 Å². The number of benzene rings is 1. The fourth-order valence-electron chi connectivity index (χ4n) is 2.76. The van der Waals surface area contributed by atoms with E-state index in [1.54, 1.807) is 6.33 Å². The largest absolute Gasteiger partial charge is 0.493 e. The van der Waals surface area contributed by atoms with Crippen LogP contribution in [0.25, 0.3) is 0 Å². The van der Waals surface area contributed by atoms with E-state index in [1.807, 2.05) is 24.5 Å². The van der Waals surface area contributed by atoms with Gasteiger partial charge in [-0.3, -0.25) is 0 Å². The highest BCUT2D eigenvalue weighted by molar-refractivity contribution is 6.30. The molecule has 5 heteroatoms. The highest BCUT2D eigenvalue weighted by atomic mass is 35.5. The first-order valence-electron chi connectivity index (χ1n) is 7.20. The molecule has 1 atom stereocenters. The molecule has 0 bridgehead atoms. The van der Waals surface area contributed by atoms with Crippen molar-refractivity contribution in [2.75, 3.05) is 13.2 Å². The van der Waals surface area contributed by atoms with Gasteiger partial charge in [-0.25, -0.2) is 9.97 Å². The number of hydrogen-bond donors (Lipinski definition) is 1. The Balaban J connectivity index is 1.90. The van der Waals surface area contributed by atoms with Gasteiger partial charge in [-0.05, 0) is 36.2 Å². The van der Waals surface area contributed by atoms with Gasteiger partial charge in [0, 0.05) is 35.4 Å². The lowest BCUT2D eigenvalue weighted by Crippen LogP contribution is -2.23. The molecular formula is C16H18ClN3O. The van der Waals surface area contributed by atoms with Crippen molar-refractivity contribution in [1.82, 2.24) is 15.3 Å². The van der Waals surface area contributed by atoms with Crippen LogP contribution in [-0.4, -0.2) is 23.1 Å². The molecule has 2 heterocycles. The number of nitrogens with zero attached hydrogens (tertiary/aromatic N) is 2. The summed E-state index contributed by atoms with van der Waals surface area (Å²) < 4.78 is 5.78. The zero-order valence-electron chi connectivity index (χ0n) is 12.0. The summed E-state index contributed by atoms with van der Waals surface area (Å²) in [5.41, 5.74) is 3.42. The number of fused-ring (bicyclic) bond motifs is 1. The van der Waals surface area contributed by atoms with E-state index in [2.05, 4.69) is 22.2 Å². The molecule has 1 aromatic heterocycles. The van der Waals surface area contributed by atoms with Crippen LogP contribution in [0.2, 0.25) is 5.02 Å². The van der Waals surface area contributed by atoms with Crippen LogP contribution in [0, 0.1) is 0 Å². The molecule has 0 radical (unpaired) electrons. The topological polar surface area (TPSA) is 47.0 Å². The minimum absolute atomic E-state index is 0.156. The fourth-order valence-corrected chi connectivity index (χ4v) is 3.03. The summed E-state index contributed by atoms with van der Waals surface area (Å²) in [6.07, 6.45) is 7.00. The van der Waals surface area contributed by atoms with Crippen molar-refractivity contribution in [2.45, 2.75) is 25.8 Å². The Kier molecular flexibility index (Phi) is 4.36. The monoisotopic (exact) mass is 303 g/mol. The van der Waals surface area contributed by atoms with Crippen LogP contribution in [0.1, 0.15) is 29.7 Å². The number of halogens is 1. The van der Waals surface area contributed by atoms with E-state index in [9.17, 15) is 0 Å². The number of hydrogen-bond acceptors (Lipinski definition) is 4. The second-order valence-electron chi connectivity index (χ2n) is 5.14. The third kappa shape index (κ3) is 3.17. The van der Waals surface area contributed by atoms with Crippen molar-refractivity contribution < 1.29 is 4.74 Å². The average Bonchev–Trinajstić information content (AvgIpc) is 2.96. The maximum absolute atomic E-state index is 6.23. The van der Waals surface area contributed by atoms with Crippen LogP contribution in [-0.2, 0) is 12.8 Å². The van der Waals surface area contributed by atoms with Crippen molar-refractivity contribution in [3.05, 3.63) is 52.6 Å². The number of aromatic nitrogens is 2. The van der Waals surface area contributed by atoms with Crippen LogP contribution in [0.3, 0.4) is 0 Å². The maximum atomic E-state index is 6.23. The van der Waals surface area contributed by atoms with Crippen molar-refractivity contribution in [3.63, 3.8) is 0 Å². The van der Waals surface area contributed by atoms with Gasteiger partial charge in [-0.2, -0.15) is 0 Å². The summed E-state index contributed by atoms with van der Waals surface area (Å²) in [5.74, 6) is 0.999. The Morgan fingerprint density at radius 3 is 2.90 bits per heavy atom. The van der Waals surface area contributed by atoms with E-state index < -0.39 is 0 Å². The zero-order chi connectivity index (χ0) is 14.7. The summed E-state index contributed by atoms with van der Waals surface area (Å²) in [4.78, 5) is 8.22. The molecule has 0 spiro atoms. The van der Waals surface area contributed by atoms with Crippen LogP contribution < -0.4 is 10.1 Å². The molecule has 110 valence electrons. The van der Waals surface area contributed by atoms with E-state index in [0.29, 0.717) is 0 Å². The smallest absolute Gasteiger partial charge is 0.125 e. The highest BCUT2D eigenvalue weighted by Gasteiger charge is 2.21. The van der Waals surface area contributed by atoms with Crippen molar-refractivity contribution in [2.24, 2.45) is 0 Å². The molecule has 1 aliphatic rings. The summed E-state index contributed by atoms with van der Waals surface area (Å²) in [6, 6.07) is 4.16. The number of ether oxygens (including phenoxy) is 1. The Labute approximate surface area is 129 Å². The van der Waals surface area contributed by atoms with Gasteiger partial charge in [0.2, 0.25) is 0 Å². The SMILES string of the molecule is CCNC(Cc1cc(Cl)cc2c1OCC2)c1cncnc1. The van der Waals surface area contributed by atoms with Crippen LogP contribution >= 0.6 is 11.6 Å². The molecule has 0 saturated heterocycles. The predicted octanol–water partition coefficient (Wildman–Crippen LogP) is 2.96. The zero-order valence-corrected chi connectivity index (χ0v) is 12.7. The first kappa shape index (κ1) is 14.3. The van der Waals surface area contributed by atoms with E-state index in [1.165, 1.54) is 5.56 Å². The quantitative estimate of drug-likeness (QED) is 0.922. The Hall–Kier alpha value is -1.65. The Morgan fingerprint density at radius 2 is 2.14 bits per heavy atom. The van der Waals surface area contributed by atoms with Crippen molar-refractivity contribution >= 4 is 11.6 Å². The normalized spacial score (nSPS) is 14.6. The van der Waals surface area contributed by atoms with Crippen LogP contribution in [0.4, 0.5) is 0 Å². The van der Waals surface area contributed by atoms with Crippen molar-refractivity contribution in [3.8, 4) is 5.75 Å². The fraction of sp³-hybridized carbons (Fsp3) is 0.375. The van der Waals surface area contributed by atoms with Gasteiger partial charge >= 0.3 is 0 Å². The molecule has 3 rings (SSSR count). The van der Waals surface area contributed by atoms with Gasteiger partial charge in [0.25, 0.3) is 0 Å². The molecule has 1 aromatic carbocycles. The molecule has 0 amide bonds. The summed E-state index contributed by atoms with van der Waals surface area (Å²) in [5, 5.41) is 4.25. The summed E-state index contributed by atoms with van der Waals surface area (Å²) in [6.45, 7) is 3.71. The molecule has 2 aromatic rings. The lowest BCUT2D eigenvalue weighted by Gasteiger charge is -2.19. The van der Waals surface area contributed by atoms with E-state index >= 15 is 0 Å². The number of likely N-dealkylation sites (N-methyl/N-ethyl adjacent to an activating group) is 1. The van der Waals surface area contributed by atoms with Gasteiger partial charge < -0.3 is 10.1 Å². The molecule has 1 unspecified atom stereocenters. The van der Waals surface area contributed by atoms with Gasteiger partial charge in [-0.1, -0.05) is 18.5 Å². The average molecular weight is 304 g/mol. The van der Waals surface area contributed by atoms with Crippen LogP contribution in [0.5, 0.6) is 5.75 Å². The first-order chi connectivity index (χ1) is 10.3. The molecule has 0 aliphatic carbocycles. The predicted molar refractivity (Wildman–Crippen MR) is 82.8 cm³/mol. The maximum Gasteiger partial charge on any atom is 0.125 e. The molecule has 0 fully saturated rings. The van der Waals surface area contributed by atoms with Gasteiger partial charge in [0.15, 0.2) is 0 Å². The van der Waals surface area contributed by atoms with Crippen LogP contribution in [0.15, 0.2) is 30.9 Å². The molecule has 1 N–H and O–H groups in total. The van der Waals surface area contributed by atoms with E-state index in [0.717, 1.165) is 47.9 Å². The minimum Gasteiger partial charge on any atom is -0.493 e. The lowest BCUT2D eigenvalue weighted by molar-refractivity contribution is 0.351. The van der Waals surface area contributed by atoms with E-state index in [-0.39, 0.29) is 6.04 Å². The van der Waals surface area contributed by atoms with Gasteiger partial charge in [-0.15, -0.1) is 0 Å². The lowest BCUT2D eigenvalue weighted by atomic mass is 9.98. The molecule has 0 saturated carbocycles. The van der Waals surface area contributed by atoms with E-state index in [4.69, 9.17) is 16.3 Å². The van der Waals surface area contributed by atoms with Gasteiger partial charge in [0.05, 0.1) is 6.61 Å². The summed E-state index contributed by atoms with van der Waals surface area (Å²) >= 11 is 6.23. The third-order valence-corrected chi connectivity index (χ3v) is 3.90. The molecular weight excluding hydrogens is 286 g/mol. The molecule has 4 nitrogen and oxygen atoms in total. The third-order valence-electron chi connectivity index (χ3n) is 3.68. The number of nitrogens with one attached hydrogen (secondary N) is 1. The standard InChI is InChI=1S/C16H18ClN3O/c1-2-20-15(13-8-18-10-19-9-13)7-12-6-14(17)5-11-3-4-21-16(11)12/h5-6,8-10,15,20H,2-4,7H2,1H3. The number of rotatable bonds is 5. The Bertz CT molecular complexity index is 618. The second-order valence-corrected chi connectivity index (χ2v) is 5.57. The molecule has 1 aliphatic heterocycles. The second kappa shape index (κ2) is 6.41. The summed E-state index contributed by atoms with van der Waals surface area (Å²) in [7, 11) is 0. The first-order valence-corrected chi connectivity index (χ1v) is 7.58.